The second-order valence-electron chi connectivity index (χ2n) is 8.55. The van der Waals surface area contributed by atoms with Gasteiger partial charge in [0.15, 0.2) is 0 Å². The highest BCUT2D eigenvalue weighted by atomic mass is 19.4. The number of carbonyl (C=O) groups is 1. The molecule has 1 unspecified atom stereocenters. The van der Waals surface area contributed by atoms with Gasteiger partial charge in [-0.2, -0.15) is 23.4 Å². The minimum atomic E-state index is -5.02. The first-order valence-electron chi connectivity index (χ1n) is 10.9. The van der Waals surface area contributed by atoms with Crippen LogP contribution in [0.15, 0.2) is 40.9 Å². The highest BCUT2D eigenvalue weighted by Crippen LogP contribution is 2.47. The first-order valence-corrected chi connectivity index (χ1v) is 10.9. The van der Waals surface area contributed by atoms with Crippen molar-refractivity contribution in [1.29, 1.82) is 5.26 Å². The summed E-state index contributed by atoms with van der Waals surface area (Å²) >= 11 is 0. The monoisotopic (exact) mass is 536 g/mol. The quantitative estimate of drug-likeness (QED) is 0.306. The predicted octanol–water partition coefficient (Wildman–Crippen LogP) is 6.11. The second-order valence-corrected chi connectivity index (χ2v) is 8.55. The van der Waals surface area contributed by atoms with Crippen LogP contribution in [0.4, 0.5) is 26.3 Å². The Bertz CT molecular complexity index is 1610. The lowest BCUT2D eigenvalue weighted by molar-refractivity contribution is -0.274. The topological polar surface area (TPSA) is 114 Å². The Kier molecular flexibility index (Phi) is 5.81. The summed E-state index contributed by atoms with van der Waals surface area (Å²) < 4.78 is 91.0. The number of halogens is 6. The fourth-order valence-corrected chi connectivity index (χ4v) is 4.75. The van der Waals surface area contributed by atoms with Crippen molar-refractivity contribution in [2.24, 2.45) is 0 Å². The van der Waals surface area contributed by atoms with Crippen molar-refractivity contribution >= 4 is 16.9 Å². The molecule has 1 atom stereocenters. The number of alkyl halides is 6. The van der Waals surface area contributed by atoms with Gasteiger partial charge in [-0.05, 0) is 42.8 Å². The molecule has 8 nitrogen and oxygen atoms in total. The van der Waals surface area contributed by atoms with Crippen LogP contribution in [0.3, 0.4) is 0 Å². The molecule has 0 bridgehead atoms. The Morgan fingerprint density at radius 3 is 2.58 bits per heavy atom. The third-order valence-corrected chi connectivity index (χ3v) is 6.10. The number of nitriles is 1. The highest BCUT2D eigenvalue weighted by molar-refractivity contribution is 5.90. The lowest BCUT2D eigenvalue weighted by Gasteiger charge is -2.13. The van der Waals surface area contributed by atoms with Crippen molar-refractivity contribution < 1.29 is 45.5 Å². The van der Waals surface area contributed by atoms with E-state index in [1.165, 1.54) is 28.8 Å². The number of fused-ring (bicyclic) bond motifs is 3. The molecule has 2 aromatic heterocycles. The van der Waals surface area contributed by atoms with Gasteiger partial charge >= 0.3 is 18.5 Å². The molecule has 0 amide bonds. The largest absolute Gasteiger partial charge is 0.573 e. The molecule has 14 heteroatoms. The number of carboxylic acid groups (broad SMARTS) is 1. The van der Waals surface area contributed by atoms with Crippen LogP contribution in [0.5, 0.6) is 5.75 Å². The summed E-state index contributed by atoms with van der Waals surface area (Å²) in [6.07, 6.45) is -9.97. The average Bonchev–Trinajstić information content (AvgIpc) is 3.52. The van der Waals surface area contributed by atoms with Gasteiger partial charge in [-0.25, -0.2) is 0 Å². The van der Waals surface area contributed by atoms with Crippen LogP contribution in [0, 0.1) is 11.3 Å². The zero-order valence-electron chi connectivity index (χ0n) is 18.9. The smallest absolute Gasteiger partial charge is 0.481 e. The average molecular weight is 536 g/mol. The van der Waals surface area contributed by atoms with Gasteiger partial charge in [0.1, 0.15) is 5.75 Å². The normalized spacial score (nSPS) is 15.4. The number of rotatable bonds is 5. The number of ether oxygens (including phenoxy) is 1. The molecule has 5 rings (SSSR count). The molecule has 0 saturated carbocycles. The van der Waals surface area contributed by atoms with E-state index in [0.29, 0.717) is 0 Å². The van der Waals surface area contributed by atoms with E-state index in [0.717, 1.165) is 12.1 Å². The molecule has 0 aliphatic carbocycles. The van der Waals surface area contributed by atoms with Gasteiger partial charge in [0.05, 0.1) is 23.6 Å². The SMILES string of the molecule is N#Cc1cc(OC(F)(F)F)cc(-c2nc(-c3ccc4c(c3)c(C(F)(F)F)c3n4CCC3CC(=O)O)no2)c1. The molecular formula is C24H14F6N4O4. The van der Waals surface area contributed by atoms with E-state index in [1.54, 1.807) is 6.07 Å². The van der Waals surface area contributed by atoms with Crippen LogP contribution in [-0.4, -0.2) is 32.1 Å². The molecule has 1 aliphatic rings. The third-order valence-electron chi connectivity index (χ3n) is 6.10. The standard InChI is InChI=1S/C24H14F6N4O4/c25-23(26,27)19-16-8-13(1-2-17(16)34-4-3-12(20(19)34)9-18(35)36)21-32-22(38-33-21)14-5-11(10-31)6-15(7-14)37-24(28,29)30/h1-2,5-8,12H,3-4,9H2,(H,35,36). The first kappa shape index (κ1) is 25.1. The number of aryl methyl sites for hydroxylation is 1. The molecule has 3 heterocycles. The van der Waals surface area contributed by atoms with Crippen LogP contribution >= 0.6 is 0 Å². The number of hydrogen-bond donors (Lipinski definition) is 1. The zero-order chi connectivity index (χ0) is 27.4. The maximum Gasteiger partial charge on any atom is 0.573 e. The number of aromatic nitrogens is 3. The fourth-order valence-electron chi connectivity index (χ4n) is 4.75. The Morgan fingerprint density at radius 2 is 1.92 bits per heavy atom. The van der Waals surface area contributed by atoms with E-state index in [4.69, 9.17) is 14.9 Å². The Hall–Kier alpha value is -4.54. The molecule has 2 aromatic carbocycles. The molecule has 1 N–H and O–H groups in total. The number of aliphatic carboxylic acids is 1. The minimum absolute atomic E-state index is 0.0709. The van der Waals surface area contributed by atoms with Crippen LogP contribution < -0.4 is 4.74 Å². The van der Waals surface area contributed by atoms with Crippen LogP contribution in [0.1, 0.15) is 35.6 Å². The summed E-state index contributed by atoms with van der Waals surface area (Å²) in [7, 11) is 0. The number of carboxylic acids is 1. The third kappa shape index (κ3) is 4.62. The predicted molar refractivity (Wildman–Crippen MR) is 117 cm³/mol. The number of benzene rings is 2. The lowest BCUT2D eigenvalue weighted by atomic mass is 9.95. The maximum atomic E-state index is 14.2. The van der Waals surface area contributed by atoms with Crippen molar-refractivity contribution in [3.05, 3.63) is 53.2 Å². The van der Waals surface area contributed by atoms with Gasteiger partial charge in [0.25, 0.3) is 5.89 Å². The Balaban J connectivity index is 1.58. The van der Waals surface area contributed by atoms with E-state index >= 15 is 0 Å². The van der Waals surface area contributed by atoms with E-state index in [9.17, 15) is 31.1 Å². The fraction of sp³-hybridized carbons (Fsp3) is 0.250. The van der Waals surface area contributed by atoms with Crippen LogP contribution in [0.25, 0.3) is 33.7 Å². The highest BCUT2D eigenvalue weighted by Gasteiger charge is 2.43. The zero-order valence-corrected chi connectivity index (χ0v) is 18.9. The van der Waals surface area contributed by atoms with E-state index in [1.807, 2.05) is 0 Å². The van der Waals surface area contributed by atoms with Gasteiger partial charge in [-0.1, -0.05) is 5.16 Å². The Morgan fingerprint density at radius 1 is 1.16 bits per heavy atom. The molecule has 4 aromatic rings. The summed E-state index contributed by atoms with van der Waals surface area (Å²) in [5.41, 5.74) is -0.886. The van der Waals surface area contributed by atoms with Crippen molar-refractivity contribution in [3.63, 3.8) is 0 Å². The van der Waals surface area contributed by atoms with E-state index < -0.39 is 42.2 Å². The molecular weight excluding hydrogens is 522 g/mol. The van der Waals surface area contributed by atoms with Gasteiger partial charge in [-0.3, -0.25) is 4.79 Å². The molecule has 0 spiro atoms. The number of nitrogens with zero attached hydrogens (tertiary/aromatic N) is 4. The first-order chi connectivity index (χ1) is 17.8. The van der Waals surface area contributed by atoms with Crippen molar-refractivity contribution in [2.45, 2.75) is 37.8 Å². The van der Waals surface area contributed by atoms with E-state index in [2.05, 4.69) is 14.9 Å². The van der Waals surface area contributed by atoms with Gasteiger partial charge in [0.2, 0.25) is 5.82 Å². The lowest BCUT2D eigenvalue weighted by Crippen LogP contribution is -2.17. The van der Waals surface area contributed by atoms with Gasteiger partial charge in [-0.15, -0.1) is 13.2 Å². The van der Waals surface area contributed by atoms with Crippen molar-refractivity contribution in [1.82, 2.24) is 14.7 Å². The van der Waals surface area contributed by atoms with Crippen LogP contribution in [0.2, 0.25) is 0 Å². The molecule has 0 fully saturated rings. The molecule has 196 valence electrons. The van der Waals surface area contributed by atoms with Gasteiger partial charge in [0, 0.05) is 40.2 Å². The molecule has 1 aliphatic heterocycles. The second kappa shape index (κ2) is 8.79. The molecule has 0 saturated heterocycles. The van der Waals surface area contributed by atoms with Crippen molar-refractivity contribution in [3.8, 4) is 34.7 Å². The van der Waals surface area contributed by atoms with Crippen LogP contribution in [-0.2, 0) is 17.5 Å². The summed E-state index contributed by atoms with van der Waals surface area (Å²) in [6, 6.07) is 8.78. The Labute approximate surface area is 208 Å². The maximum absolute atomic E-state index is 14.2. The minimum Gasteiger partial charge on any atom is -0.481 e. The van der Waals surface area contributed by atoms with Gasteiger partial charge < -0.3 is 18.9 Å². The van der Waals surface area contributed by atoms with E-state index in [-0.39, 0.29) is 58.0 Å². The summed E-state index contributed by atoms with van der Waals surface area (Å²) in [4.78, 5) is 15.3. The van der Waals surface area contributed by atoms with Crippen molar-refractivity contribution in [2.75, 3.05) is 0 Å². The molecule has 0 radical (unpaired) electrons. The molecule has 38 heavy (non-hydrogen) atoms. The summed E-state index contributed by atoms with van der Waals surface area (Å²) in [5, 5.41) is 21.9. The summed E-state index contributed by atoms with van der Waals surface area (Å²) in [6.45, 7) is 0.225. The number of hydrogen-bond acceptors (Lipinski definition) is 6. The summed E-state index contributed by atoms with van der Waals surface area (Å²) in [5.74, 6) is -3.14.